The Morgan fingerprint density at radius 2 is 1.64 bits per heavy atom. The van der Waals surface area contributed by atoms with Crippen LogP contribution in [0.25, 0.3) is 0 Å². The molecule has 9 nitrogen and oxygen atoms in total. The Morgan fingerprint density at radius 3 is 2.21 bits per heavy atom. The van der Waals surface area contributed by atoms with Crippen LogP contribution in [0.4, 0.5) is 23.7 Å². The molecule has 14 heteroatoms. The lowest BCUT2D eigenvalue weighted by Gasteiger charge is -2.42. The number of carbonyl (C=O) groups is 1. The molecule has 1 heterocycles. The van der Waals surface area contributed by atoms with Gasteiger partial charge in [-0.05, 0) is 61.6 Å². The molecule has 0 bridgehead atoms. The number of rotatable bonds is 6. The number of hydrogen-bond acceptors (Lipinski definition) is 7. The van der Waals surface area contributed by atoms with Crippen molar-refractivity contribution < 1.29 is 34.8 Å². The van der Waals surface area contributed by atoms with E-state index in [1.54, 1.807) is 0 Å². The number of amides is 2. The predicted octanol–water partition coefficient (Wildman–Crippen LogP) is 5.67. The Labute approximate surface area is 242 Å². The van der Waals surface area contributed by atoms with Crippen molar-refractivity contribution in [2.75, 3.05) is 16.9 Å². The highest BCUT2D eigenvalue weighted by molar-refractivity contribution is 7.90. The second-order valence-electron chi connectivity index (χ2n) is 10.4. The second kappa shape index (κ2) is 11.4. The number of allylic oxidation sites excluding steroid dienone is 1. The van der Waals surface area contributed by atoms with E-state index in [0.29, 0.717) is 23.2 Å². The zero-order valence-corrected chi connectivity index (χ0v) is 24.4. The molecule has 1 atom stereocenters. The van der Waals surface area contributed by atoms with Crippen LogP contribution < -0.4 is 4.90 Å². The molecule has 2 amide bonds. The van der Waals surface area contributed by atoms with Gasteiger partial charge in [0.1, 0.15) is 6.04 Å². The third-order valence-electron chi connectivity index (χ3n) is 7.47. The number of urea groups is 1. The van der Waals surface area contributed by atoms with Crippen LogP contribution in [-0.4, -0.2) is 39.2 Å². The fourth-order valence-electron chi connectivity index (χ4n) is 5.50. The van der Waals surface area contributed by atoms with E-state index < -0.39 is 54.3 Å². The maximum atomic E-state index is 14.2. The van der Waals surface area contributed by atoms with E-state index in [-0.39, 0.29) is 34.0 Å². The number of benzene rings is 2. The van der Waals surface area contributed by atoms with Gasteiger partial charge >= 0.3 is 12.2 Å². The average molecular weight is 621 g/mol. The van der Waals surface area contributed by atoms with Crippen molar-refractivity contribution in [2.45, 2.75) is 56.1 Å². The largest absolute Gasteiger partial charge is 0.416 e. The van der Waals surface area contributed by atoms with Crippen LogP contribution in [-0.2, 0) is 26.0 Å². The first-order chi connectivity index (χ1) is 19.6. The molecular weight excluding hydrogens is 593 g/mol. The number of carbonyl (C=O) groups excluding carboxylic acids is 1. The SMILES string of the molecule is CC1=C(C#N)[C@@H](c2ccc(C#N)cc2S(C)(=O)=O)N(S(=O)(=O)CC2CCCCC2)C(=O)N1c1cccc(C(F)(F)F)c1. The molecular formula is C28H27F3N4O5S2. The van der Waals surface area contributed by atoms with Gasteiger partial charge in [0.15, 0.2) is 9.84 Å². The van der Waals surface area contributed by atoms with Gasteiger partial charge in [-0.3, -0.25) is 4.90 Å². The Balaban J connectivity index is 2.01. The van der Waals surface area contributed by atoms with E-state index in [0.717, 1.165) is 48.6 Å². The molecule has 42 heavy (non-hydrogen) atoms. The maximum absolute atomic E-state index is 14.2. The molecule has 1 fully saturated rings. The molecule has 0 aromatic heterocycles. The highest BCUT2D eigenvalue weighted by Crippen LogP contribution is 2.44. The van der Waals surface area contributed by atoms with Crippen molar-refractivity contribution in [3.8, 4) is 12.1 Å². The number of sulfone groups is 1. The molecule has 0 spiro atoms. The average Bonchev–Trinajstić information content (AvgIpc) is 2.92. The van der Waals surface area contributed by atoms with Crippen LogP contribution in [0.2, 0.25) is 0 Å². The molecule has 0 unspecified atom stereocenters. The summed E-state index contributed by atoms with van der Waals surface area (Å²) in [6.45, 7) is 1.28. The number of hydrogen-bond donors (Lipinski definition) is 0. The number of halogens is 3. The Morgan fingerprint density at radius 1 is 0.976 bits per heavy atom. The topological polar surface area (TPSA) is 139 Å². The molecule has 0 radical (unpaired) electrons. The van der Waals surface area contributed by atoms with Gasteiger partial charge in [-0.15, -0.1) is 0 Å². The lowest BCUT2D eigenvalue weighted by molar-refractivity contribution is -0.137. The summed E-state index contributed by atoms with van der Waals surface area (Å²) in [4.78, 5) is 14.4. The van der Waals surface area contributed by atoms with Gasteiger partial charge in [-0.2, -0.15) is 23.7 Å². The predicted molar refractivity (Wildman–Crippen MR) is 147 cm³/mol. The summed E-state index contributed by atoms with van der Waals surface area (Å²) in [7, 11) is -8.70. The first-order valence-electron chi connectivity index (χ1n) is 13.0. The first-order valence-corrected chi connectivity index (χ1v) is 16.5. The molecule has 1 saturated carbocycles. The van der Waals surface area contributed by atoms with Gasteiger partial charge in [0.05, 0.1) is 45.2 Å². The van der Waals surface area contributed by atoms with Crippen LogP contribution in [0.5, 0.6) is 0 Å². The Bertz CT molecular complexity index is 1750. The van der Waals surface area contributed by atoms with E-state index in [4.69, 9.17) is 0 Å². The van der Waals surface area contributed by atoms with E-state index in [1.807, 2.05) is 12.1 Å². The minimum atomic E-state index is -4.77. The fourth-order valence-corrected chi connectivity index (χ4v) is 8.40. The maximum Gasteiger partial charge on any atom is 0.416 e. The quantitative estimate of drug-likeness (QED) is 0.405. The number of anilines is 1. The number of nitriles is 2. The summed E-state index contributed by atoms with van der Waals surface area (Å²) in [6, 6.07) is 7.85. The normalized spacial score (nSPS) is 19.0. The highest BCUT2D eigenvalue weighted by atomic mass is 32.2. The van der Waals surface area contributed by atoms with Crippen molar-refractivity contribution in [3.05, 3.63) is 70.4 Å². The number of alkyl halides is 3. The summed E-state index contributed by atoms with van der Waals surface area (Å²) in [5, 5.41) is 19.6. The fraction of sp³-hybridized carbons (Fsp3) is 0.393. The first kappa shape index (κ1) is 31.1. The molecule has 4 rings (SSSR count). The van der Waals surface area contributed by atoms with Crippen molar-refractivity contribution in [2.24, 2.45) is 5.92 Å². The van der Waals surface area contributed by atoms with Crippen molar-refractivity contribution >= 4 is 31.6 Å². The lowest BCUT2D eigenvalue weighted by Crippen LogP contribution is -2.53. The van der Waals surface area contributed by atoms with E-state index in [2.05, 4.69) is 0 Å². The third-order valence-corrected chi connectivity index (χ3v) is 10.5. The van der Waals surface area contributed by atoms with Gasteiger partial charge in [0.25, 0.3) is 0 Å². The summed E-state index contributed by atoms with van der Waals surface area (Å²) >= 11 is 0. The van der Waals surface area contributed by atoms with Gasteiger partial charge in [0.2, 0.25) is 10.0 Å². The molecule has 2 aromatic rings. The number of sulfonamides is 1. The van der Waals surface area contributed by atoms with Crippen LogP contribution in [0.1, 0.15) is 61.8 Å². The summed E-state index contributed by atoms with van der Waals surface area (Å²) in [5.74, 6) is -0.791. The molecule has 1 aliphatic carbocycles. The minimum Gasteiger partial charge on any atom is -0.265 e. The van der Waals surface area contributed by atoms with Crippen LogP contribution in [0, 0.1) is 28.6 Å². The molecule has 222 valence electrons. The third kappa shape index (κ3) is 6.01. The summed E-state index contributed by atoms with van der Waals surface area (Å²) < 4.78 is 94.9. The summed E-state index contributed by atoms with van der Waals surface area (Å²) in [6.07, 6.45) is -0.283. The summed E-state index contributed by atoms with van der Waals surface area (Å²) in [5.41, 5.74) is -2.21. The van der Waals surface area contributed by atoms with Crippen molar-refractivity contribution in [1.29, 1.82) is 10.5 Å². The van der Waals surface area contributed by atoms with Crippen LogP contribution >= 0.6 is 0 Å². The van der Waals surface area contributed by atoms with E-state index in [1.165, 1.54) is 25.1 Å². The smallest absolute Gasteiger partial charge is 0.265 e. The zero-order chi connectivity index (χ0) is 31.0. The monoisotopic (exact) mass is 620 g/mol. The molecule has 1 aliphatic heterocycles. The van der Waals surface area contributed by atoms with Crippen LogP contribution in [0.3, 0.4) is 0 Å². The molecule has 2 aliphatic rings. The van der Waals surface area contributed by atoms with Crippen molar-refractivity contribution in [1.82, 2.24) is 4.31 Å². The van der Waals surface area contributed by atoms with Gasteiger partial charge in [0, 0.05) is 12.0 Å². The zero-order valence-electron chi connectivity index (χ0n) is 22.7. The standard InChI is InChI=1S/C28H27F3N4O5S2/c1-18-24(16-33)26(23-12-11-20(15-32)13-25(23)41(2,37)38)35(42(39,40)17-19-7-4-3-5-8-19)27(36)34(18)22-10-6-9-21(14-22)28(29,30)31/h6,9-14,19,26H,3-5,7-8,17H2,1-2H3/t26-/m1/s1. The Hall–Kier alpha value is -3.88. The van der Waals surface area contributed by atoms with Gasteiger partial charge in [-0.1, -0.05) is 31.4 Å². The second-order valence-corrected chi connectivity index (χ2v) is 14.3. The number of nitrogens with zero attached hydrogens (tertiary/aromatic N) is 4. The highest BCUT2D eigenvalue weighted by Gasteiger charge is 2.48. The minimum absolute atomic E-state index is 0.0530. The molecule has 2 aromatic carbocycles. The van der Waals surface area contributed by atoms with Gasteiger partial charge < -0.3 is 0 Å². The Kier molecular flexibility index (Phi) is 8.45. The van der Waals surface area contributed by atoms with E-state index in [9.17, 15) is 45.3 Å². The molecule has 0 N–H and O–H groups in total. The van der Waals surface area contributed by atoms with Crippen molar-refractivity contribution in [3.63, 3.8) is 0 Å². The van der Waals surface area contributed by atoms with Crippen LogP contribution in [0.15, 0.2) is 58.6 Å². The van der Waals surface area contributed by atoms with E-state index >= 15 is 0 Å². The lowest BCUT2D eigenvalue weighted by atomic mass is 9.91. The van der Waals surface area contributed by atoms with Gasteiger partial charge in [-0.25, -0.2) is 25.9 Å². The molecule has 0 saturated heterocycles.